The van der Waals surface area contributed by atoms with Crippen LogP contribution in [0.4, 0.5) is 17.6 Å². The Bertz CT molecular complexity index is 1320. The van der Waals surface area contributed by atoms with Gasteiger partial charge >= 0.3 is 6.18 Å². The normalized spacial score (nSPS) is 18.1. The fraction of sp³-hybridized carbons (Fsp3) is 0.200. The van der Waals surface area contributed by atoms with E-state index in [0.29, 0.717) is 5.76 Å². The number of ketones is 1. The Morgan fingerprint density at radius 2 is 1.79 bits per heavy atom. The van der Waals surface area contributed by atoms with Crippen LogP contribution in [0.3, 0.4) is 0 Å². The van der Waals surface area contributed by atoms with Crippen LogP contribution in [0.2, 0.25) is 0 Å². The molecule has 1 aromatic heterocycles. The Morgan fingerprint density at radius 1 is 1.06 bits per heavy atom. The molecule has 2 aromatic carbocycles. The van der Waals surface area contributed by atoms with E-state index in [2.05, 4.69) is 0 Å². The smallest absolute Gasteiger partial charge is 0.416 e. The first-order chi connectivity index (χ1) is 16.0. The topological polar surface area (TPSA) is 70.8 Å². The van der Waals surface area contributed by atoms with E-state index in [9.17, 15) is 32.3 Å². The average molecular weight is 473 g/mol. The highest BCUT2D eigenvalue weighted by Crippen LogP contribution is 2.41. The number of carbonyl (C=O) groups is 2. The number of furan rings is 1. The van der Waals surface area contributed by atoms with Crippen molar-refractivity contribution < 1.29 is 36.7 Å². The van der Waals surface area contributed by atoms with Crippen molar-refractivity contribution in [1.29, 1.82) is 0 Å². The molecule has 0 bridgehead atoms. The Hall–Kier alpha value is -3.88. The zero-order valence-electron chi connectivity index (χ0n) is 18.1. The van der Waals surface area contributed by atoms with Gasteiger partial charge in [0.2, 0.25) is 0 Å². The maximum atomic E-state index is 13.7. The lowest BCUT2D eigenvalue weighted by Crippen LogP contribution is -2.29. The quantitative estimate of drug-likeness (QED) is 0.229. The molecule has 34 heavy (non-hydrogen) atoms. The van der Waals surface area contributed by atoms with Crippen molar-refractivity contribution in [3.05, 3.63) is 99.8 Å². The maximum absolute atomic E-state index is 13.7. The van der Waals surface area contributed by atoms with Gasteiger partial charge in [-0.3, -0.25) is 9.59 Å². The van der Waals surface area contributed by atoms with Crippen LogP contribution >= 0.6 is 0 Å². The van der Waals surface area contributed by atoms with Crippen LogP contribution in [0, 0.1) is 19.7 Å². The summed E-state index contributed by atoms with van der Waals surface area (Å²) in [5.41, 5.74) is -0.717. The number of carbonyl (C=O) groups excluding carboxylic acids is 2. The van der Waals surface area contributed by atoms with E-state index < -0.39 is 41.0 Å². The van der Waals surface area contributed by atoms with Crippen LogP contribution in [-0.4, -0.2) is 21.7 Å². The minimum Gasteiger partial charge on any atom is -0.507 e. The number of aryl methyl sites for hydroxylation is 2. The summed E-state index contributed by atoms with van der Waals surface area (Å²) < 4.78 is 58.9. The van der Waals surface area contributed by atoms with Crippen molar-refractivity contribution in [3.8, 4) is 0 Å². The van der Waals surface area contributed by atoms with Gasteiger partial charge in [0.1, 0.15) is 29.1 Å². The molecule has 0 aliphatic carbocycles. The van der Waals surface area contributed by atoms with Gasteiger partial charge in [-0.05, 0) is 67.4 Å². The van der Waals surface area contributed by atoms with Crippen LogP contribution in [0.5, 0.6) is 0 Å². The molecule has 1 N–H and O–H groups in total. The summed E-state index contributed by atoms with van der Waals surface area (Å²) in [7, 11) is 0. The molecule has 0 spiro atoms. The van der Waals surface area contributed by atoms with Crippen LogP contribution in [-0.2, 0) is 22.3 Å². The molecule has 9 heteroatoms. The minimum absolute atomic E-state index is 0.115. The van der Waals surface area contributed by atoms with Gasteiger partial charge in [0.25, 0.3) is 11.7 Å². The van der Waals surface area contributed by atoms with E-state index in [1.165, 1.54) is 37.3 Å². The molecule has 3 aromatic rings. The average Bonchev–Trinajstić information content (AvgIpc) is 3.31. The van der Waals surface area contributed by atoms with Crippen LogP contribution in [0.1, 0.15) is 39.8 Å². The summed E-state index contributed by atoms with van der Waals surface area (Å²) in [6, 6.07) is 10.1. The number of alkyl halides is 3. The van der Waals surface area contributed by atoms with E-state index in [0.717, 1.165) is 23.1 Å². The molecule has 1 fully saturated rings. The number of hydrogen-bond acceptors (Lipinski definition) is 4. The number of amides is 1. The fourth-order valence-electron chi connectivity index (χ4n) is 3.93. The molecular formula is C25H19F4NO4. The zero-order chi connectivity index (χ0) is 24.8. The van der Waals surface area contributed by atoms with Crippen LogP contribution in [0.15, 0.2) is 64.6 Å². The number of hydrogen-bond donors (Lipinski definition) is 1. The van der Waals surface area contributed by atoms with E-state index in [1.54, 1.807) is 13.0 Å². The molecule has 1 aliphatic rings. The molecule has 1 aliphatic heterocycles. The molecule has 5 nitrogen and oxygen atoms in total. The second-order valence-corrected chi connectivity index (χ2v) is 8.04. The number of aliphatic hydroxyl groups excluding tert-OH is 1. The Morgan fingerprint density at radius 3 is 2.41 bits per heavy atom. The Kier molecular flexibility index (Phi) is 5.80. The van der Waals surface area contributed by atoms with E-state index >= 15 is 0 Å². The lowest BCUT2D eigenvalue weighted by molar-refractivity contribution is -0.140. The molecule has 0 radical (unpaired) electrons. The number of rotatable bonds is 4. The number of nitrogens with zero attached hydrogens (tertiary/aromatic N) is 1. The fourth-order valence-corrected chi connectivity index (χ4v) is 3.93. The summed E-state index contributed by atoms with van der Waals surface area (Å²) in [5.74, 6) is -2.45. The van der Waals surface area contributed by atoms with Crippen LogP contribution in [0.25, 0.3) is 5.76 Å². The predicted octanol–water partition coefficient (Wildman–Crippen LogP) is 5.68. The summed E-state index contributed by atoms with van der Waals surface area (Å²) >= 11 is 0. The number of aliphatic hydroxyl groups is 1. The minimum atomic E-state index is -4.58. The number of Topliss-reactive ketones (excluding diaryl/α,β-unsaturated/α-hetero) is 1. The van der Waals surface area contributed by atoms with Crippen molar-refractivity contribution in [1.82, 2.24) is 4.90 Å². The first-order valence-electron chi connectivity index (χ1n) is 10.2. The lowest BCUT2D eigenvalue weighted by atomic mass is 9.98. The van der Waals surface area contributed by atoms with Crippen molar-refractivity contribution in [3.63, 3.8) is 0 Å². The highest BCUT2D eigenvalue weighted by atomic mass is 19.4. The maximum Gasteiger partial charge on any atom is 0.416 e. The van der Waals surface area contributed by atoms with Gasteiger partial charge in [0.05, 0.1) is 11.1 Å². The van der Waals surface area contributed by atoms with Crippen LogP contribution < -0.4 is 0 Å². The third kappa shape index (κ3) is 4.21. The summed E-state index contributed by atoms with van der Waals surface area (Å²) in [4.78, 5) is 27.0. The van der Waals surface area contributed by atoms with E-state index in [-0.39, 0.29) is 34.6 Å². The molecule has 4 rings (SSSR count). The van der Waals surface area contributed by atoms with Crippen molar-refractivity contribution in [2.75, 3.05) is 0 Å². The monoisotopic (exact) mass is 473 g/mol. The third-order valence-electron chi connectivity index (χ3n) is 5.61. The molecule has 1 unspecified atom stereocenters. The third-order valence-corrected chi connectivity index (χ3v) is 5.61. The van der Waals surface area contributed by atoms with E-state index in [1.807, 2.05) is 0 Å². The number of likely N-dealkylation sites (tertiary alicyclic amines) is 1. The standard InChI is InChI=1S/C25H19F4NO4/c1-13-10-16(7-8-18(13)26)22(31)20-21(19-9-6-14(2)34-19)30(24(33)23(20)32)12-15-4-3-5-17(11-15)25(27,28)29/h3-11,21,31H,12H2,1-2H3/b22-20-. The molecule has 1 atom stereocenters. The molecular weight excluding hydrogens is 454 g/mol. The van der Waals surface area contributed by atoms with Gasteiger partial charge in [-0.15, -0.1) is 0 Å². The molecule has 1 saturated heterocycles. The Balaban J connectivity index is 1.83. The van der Waals surface area contributed by atoms with Gasteiger partial charge < -0.3 is 14.4 Å². The second kappa shape index (κ2) is 8.48. The number of halogens is 4. The second-order valence-electron chi connectivity index (χ2n) is 8.04. The Labute approximate surface area is 191 Å². The van der Waals surface area contributed by atoms with Gasteiger partial charge in [-0.1, -0.05) is 12.1 Å². The summed E-state index contributed by atoms with van der Waals surface area (Å²) in [5, 5.41) is 11.0. The predicted molar refractivity (Wildman–Crippen MR) is 114 cm³/mol. The zero-order valence-corrected chi connectivity index (χ0v) is 18.1. The van der Waals surface area contributed by atoms with Gasteiger partial charge in [-0.25, -0.2) is 4.39 Å². The van der Waals surface area contributed by atoms with Gasteiger partial charge in [0, 0.05) is 12.1 Å². The summed E-state index contributed by atoms with van der Waals surface area (Å²) in [6.07, 6.45) is -4.58. The van der Waals surface area contributed by atoms with Crippen molar-refractivity contribution in [2.24, 2.45) is 0 Å². The molecule has 176 valence electrons. The van der Waals surface area contributed by atoms with Gasteiger partial charge in [-0.2, -0.15) is 13.2 Å². The van der Waals surface area contributed by atoms with Crippen molar-refractivity contribution >= 4 is 17.4 Å². The lowest BCUT2D eigenvalue weighted by Gasteiger charge is -2.24. The summed E-state index contributed by atoms with van der Waals surface area (Å²) in [6.45, 7) is 2.79. The van der Waals surface area contributed by atoms with Gasteiger partial charge in [0.15, 0.2) is 0 Å². The largest absolute Gasteiger partial charge is 0.507 e. The molecule has 1 amide bonds. The van der Waals surface area contributed by atoms with Crippen molar-refractivity contribution in [2.45, 2.75) is 32.6 Å². The highest BCUT2D eigenvalue weighted by molar-refractivity contribution is 6.46. The first-order valence-corrected chi connectivity index (χ1v) is 10.2. The number of benzene rings is 2. The first kappa shape index (κ1) is 23.3. The SMILES string of the molecule is Cc1ccc(C2/C(=C(/O)c3ccc(F)c(C)c3)C(=O)C(=O)N2Cc2cccc(C(F)(F)F)c2)o1. The molecule has 2 heterocycles. The van der Waals surface area contributed by atoms with E-state index in [4.69, 9.17) is 4.42 Å². The molecule has 0 saturated carbocycles. The highest BCUT2D eigenvalue weighted by Gasteiger charge is 2.47.